The van der Waals surface area contributed by atoms with Gasteiger partial charge in [-0.25, -0.2) is 4.98 Å². The number of ether oxygens (including phenoxy) is 1. The zero-order valence-electron chi connectivity index (χ0n) is 18.7. The highest BCUT2D eigenvalue weighted by Crippen LogP contribution is 2.29. The molecule has 1 unspecified atom stereocenters. The van der Waals surface area contributed by atoms with Crippen molar-refractivity contribution in [2.24, 2.45) is 16.9 Å². The third kappa shape index (κ3) is 5.82. The number of hydrogen-bond donors (Lipinski definition) is 4. The number of aryl methyl sites for hydroxylation is 1. The van der Waals surface area contributed by atoms with Crippen molar-refractivity contribution in [3.63, 3.8) is 0 Å². The Bertz CT molecular complexity index is 1570. The van der Waals surface area contributed by atoms with E-state index in [9.17, 15) is 27.4 Å². The van der Waals surface area contributed by atoms with E-state index in [1.807, 2.05) is 0 Å². The number of carbonyl (C=O) groups excluding carboxylic acids is 2. The highest BCUT2D eigenvalue weighted by atomic mass is 35.5. The van der Waals surface area contributed by atoms with Gasteiger partial charge in [0.2, 0.25) is 0 Å². The molecule has 0 bridgehead atoms. The maximum absolute atomic E-state index is 13.0. The van der Waals surface area contributed by atoms with Crippen LogP contribution in [0.3, 0.4) is 0 Å². The Kier molecular flexibility index (Phi) is 7.99. The molecule has 2 aromatic carbocycles. The van der Waals surface area contributed by atoms with Gasteiger partial charge in [-0.3, -0.25) is 18.9 Å². The van der Waals surface area contributed by atoms with Crippen LogP contribution in [0.1, 0.15) is 11.3 Å². The van der Waals surface area contributed by atoms with Crippen molar-refractivity contribution < 1.29 is 27.3 Å². The molecule has 0 aliphatic carbocycles. The first-order valence-electron chi connectivity index (χ1n) is 9.98. The van der Waals surface area contributed by atoms with Gasteiger partial charge in [-0.15, -0.1) is 0 Å². The monoisotopic (exact) mass is 555 g/mol. The van der Waals surface area contributed by atoms with Crippen molar-refractivity contribution in [1.29, 1.82) is 0 Å². The molecule has 0 radical (unpaired) electrons. The second-order valence-electron chi connectivity index (χ2n) is 7.50. The summed E-state index contributed by atoms with van der Waals surface area (Å²) in [4.78, 5) is 44.3. The highest BCUT2D eigenvalue weighted by molar-refractivity contribution is 7.86. The summed E-state index contributed by atoms with van der Waals surface area (Å²) >= 11 is 11.9. The van der Waals surface area contributed by atoms with E-state index in [-0.39, 0.29) is 16.4 Å². The zero-order valence-corrected chi connectivity index (χ0v) is 21.0. The predicted molar refractivity (Wildman–Crippen MR) is 133 cm³/mol. The van der Waals surface area contributed by atoms with Crippen LogP contribution in [0.4, 0.5) is 5.69 Å². The Labute approximate surface area is 214 Å². The summed E-state index contributed by atoms with van der Waals surface area (Å²) < 4.78 is 37.9. The van der Waals surface area contributed by atoms with Gasteiger partial charge in [0.25, 0.3) is 21.6 Å². The van der Waals surface area contributed by atoms with Crippen LogP contribution in [0.15, 0.2) is 45.1 Å². The number of nitrogens with two attached hydrogens (primary N) is 1. The van der Waals surface area contributed by atoms with Crippen molar-refractivity contribution in [2.75, 3.05) is 12.4 Å². The van der Waals surface area contributed by atoms with Gasteiger partial charge in [0.1, 0.15) is 22.2 Å². The largest absolute Gasteiger partial charge is 0.468 e. The molecule has 0 spiro atoms. The average molecular weight is 556 g/mol. The van der Waals surface area contributed by atoms with Gasteiger partial charge < -0.3 is 20.9 Å². The summed E-state index contributed by atoms with van der Waals surface area (Å²) in [6.07, 6.45) is -0.436. The minimum Gasteiger partial charge on any atom is -0.468 e. The molecule has 12 nitrogen and oxygen atoms in total. The lowest BCUT2D eigenvalue weighted by Gasteiger charge is -2.17. The number of benzene rings is 2. The SMILES string of the molecule is COC(=O)C(Cc1nc2ccc(Cl)cc2[nH]c1=O)/C(=N\N)C(=O)Nc1cc(C)c(Cl)cc1S(=O)(=O)O. The fourth-order valence-corrected chi connectivity index (χ4v) is 4.38. The lowest BCUT2D eigenvalue weighted by molar-refractivity contribution is -0.143. The number of halogens is 2. The molecule has 1 atom stereocenters. The Morgan fingerprint density at radius 1 is 1.28 bits per heavy atom. The van der Waals surface area contributed by atoms with Gasteiger partial charge in [0, 0.05) is 16.5 Å². The maximum atomic E-state index is 13.0. The number of fused-ring (bicyclic) bond motifs is 1. The first-order chi connectivity index (χ1) is 16.8. The standard InChI is InChI=1S/C21H19Cl2N5O7S/c1-9-5-15(17(8-12(9)23)36(32,33)34)27-20(30)18(28-24)11(21(31)35-2)7-16-19(29)26-14-6-10(22)3-4-13(14)25-16/h3-6,8,11H,7,24H2,1-2H3,(H,26,29)(H,27,30)(H,32,33,34)/b28-18+. The summed E-state index contributed by atoms with van der Waals surface area (Å²) in [5.41, 5.74) is -0.620. The van der Waals surface area contributed by atoms with Gasteiger partial charge in [-0.2, -0.15) is 13.5 Å². The molecule has 3 rings (SSSR count). The molecule has 1 amide bonds. The minimum absolute atomic E-state index is 0.0173. The molecule has 3 aromatic rings. The lowest BCUT2D eigenvalue weighted by atomic mass is 9.96. The van der Waals surface area contributed by atoms with Gasteiger partial charge in [-0.05, 0) is 42.8 Å². The van der Waals surface area contributed by atoms with Gasteiger partial charge in [0.05, 0.1) is 23.8 Å². The highest BCUT2D eigenvalue weighted by Gasteiger charge is 2.33. The fourth-order valence-electron chi connectivity index (χ4n) is 3.33. The Hall–Kier alpha value is -3.52. The van der Waals surface area contributed by atoms with Crippen molar-refractivity contribution >= 4 is 67.6 Å². The van der Waals surface area contributed by atoms with Crippen LogP contribution in [0, 0.1) is 12.8 Å². The van der Waals surface area contributed by atoms with E-state index in [0.29, 0.717) is 21.6 Å². The van der Waals surface area contributed by atoms with Gasteiger partial charge >= 0.3 is 5.97 Å². The number of nitrogens with zero attached hydrogens (tertiary/aromatic N) is 2. The van der Waals surface area contributed by atoms with Crippen LogP contribution >= 0.6 is 23.2 Å². The first-order valence-corrected chi connectivity index (χ1v) is 12.2. The van der Waals surface area contributed by atoms with Crippen molar-refractivity contribution in [3.8, 4) is 0 Å². The van der Waals surface area contributed by atoms with Crippen LogP contribution in [0.2, 0.25) is 10.0 Å². The van der Waals surface area contributed by atoms with Crippen molar-refractivity contribution in [2.45, 2.75) is 18.2 Å². The number of anilines is 1. The molecule has 5 N–H and O–H groups in total. The predicted octanol–water partition coefficient (Wildman–Crippen LogP) is 2.07. The number of hydrazone groups is 1. The normalized spacial score (nSPS) is 12.9. The topological polar surface area (TPSA) is 194 Å². The molecule has 190 valence electrons. The van der Waals surface area contributed by atoms with E-state index < -0.39 is 50.5 Å². The molecule has 1 heterocycles. The molecule has 36 heavy (non-hydrogen) atoms. The third-order valence-corrected chi connectivity index (χ3v) is 6.63. The van der Waals surface area contributed by atoms with E-state index in [4.69, 9.17) is 33.8 Å². The van der Waals surface area contributed by atoms with E-state index in [0.717, 1.165) is 13.2 Å². The van der Waals surface area contributed by atoms with Crippen molar-refractivity contribution in [1.82, 2.24) is 9.97 Å². The number of nitrogens with one attached hydrogen (secondary N) is 2. The van der Waals surface area contributed by atoms with Crippen LogP contribution in [0.5, 0.6) is 0 Å². The summed E-state index contributed by atoms with van der Waals surface area (Å²) in [6.45, 7) is 1.53. The second kappa shape index (κ2) is 10.6. The third-order valence-electron chi connectivity index (χ3n) is 5.10. The van der Waals surface area contributed by atoms with E-state index in [1.54, 1.807) is 12.1 Å². The van der Waals surface area contributed by atoms with E-state index >= 15 is 0 Å². The lowest BCUT2D eigenvalue weighted by Crippen LogP contribution is -2.38. The number of methoxy groups -OCH3 is 1. The molecule has 0 aliphatic heterocycles. The molecule has 0 aliphatic rings. The summed E-state index contributed by atoms with van der Waals surface area (Å²) in [7, 11) is -3.74. The van der Waals surface area contributed by atoms with Crippen LogP contribution < -0.4 is 16.7 Å². The first kappa shape index (κ1) is 27.1. The molecule has 0 saturated carbocycles. The number of H-pyrrole nitrogens is 1. The number of aromatic nitrogens is 2. The fraction of sp³-hybridized carbons (Fsp3) is 0.190. The average Bonchev–Trinajstić information content (AvgIpc) is 2.80. The molecule has 0 saturated heterocycles. The number of amides is 1. The number of aromatic amines is 1. The zero-order chi connectivity index (χ0) is 26.8. The number of hydrogen-bond acceptors (Lipinski definition) is 9. The van der Waals surface area contributed by atoms with Crippen molar-refractivity contribution in [3.05, 3.63) is 62.0 Å². The van der Waals surface area contributed by atoms with Crippen LogP contribution in [-0.2, 0) is 30.9 Å². The molecule has 1 aromatic heterocycles. The molecule has 15 heteroatoms. The summed E-state index contributed by atoms with van der Waals surface area (Å²) in [6, 6.07) is 6.75. The van der Waals surface area contributed by atoms with Gasteiger partial charge in [-0.1, -0.05) is 23.2 Å². The number of esters is 1. The number of rotatable bonds is 7. The molecular weight excluding hydrogens is 537 g/mol. The van der Waals surface area contributed by atoms with Gasteiger partial charge in [0.15, 0.2) is 0 Å². The Balaban J connectivity index is 2.01. The van der Waals surface area contributed by atoms with Crippen LogP contribution in [-0.4, -0.2) is 47.6 Å². The number of carbonyl (C=O) groups is 2. The minimum atomic E-state index is -4.80. The summed E-state index contributed by atoms with van der Waals surface area (Å²) in [5.74, 6) is 1.85. The quantitative estimate of drug-likeness (QED) is 0.111. The molecule has 0 fully saturated rings. The Morgan fingerprint density at radius 3 is 2.58 bits per heavy atom. The smallest absolute Gasteiger partial charge is 0.315 e. The second-order valence-corrected chi connectivity index (χ2v) is 9.73. The molecular formula is C21H19Cl2N5O7S. The Morgan fingerprint density at radius 2 is 1.97 bits per heavy atom. The van der Waals surface area contributed by atoms with Crippen LogP contribution in [0.25, 0.3) is 11.0 Å². The summed E-state index contributed by atoms with van der Waals surface area (Å²) in [5, 5.41) is 6.04. The van der Waals surface area contributed by atoms with E-state index in [1.165, 1.54) is 19.1 Å². The van der Waals surface area contributed by atoms with E-state index in [2.05, 4.69) is 20.4 Å². The maximum Gasteiger partial charge on any atom is 0.315 e.